The Morgan fingerprint density at radius 2 is 2.06 bits per heavy atom. The molecule has 3 N–H and O–H groups in total. The second-order valence-corrected chi connectivity index (χ2v) is 4.90. The van der Waals surface area contributed by atoms with Gasteiger partial charge in [-0.15, -0.1) is 0 Å². The zero-order valence-electron chi connectivity index (χ0n) is 11.3. The van der Waals surface area contributed by atoms with Gasteiger partial charge in [0.2, 0.25) is 0 Å². The van der Waals surface area contributed by atoms with Crippen molar-refractivity contribution >= 4 is 13.3 Å². The molecule has 94 valence electrons. The first kappa shape index (κ1) is 14.4. The summed E-state index contributed by atoms with van der Waals surface area (Å²) in [6, 6.07) is 5.73. The van der Waals surface area contributed by atoms with Gasteiger partial charge in [0.1, 0.15) is 13.6 Å². The average Bonchev–Trinajstić information content (AvgIpc) is 2.26. The van der Waals surface area contributed by atoms with Crippen molar-refractivity contribution in [3.8, 4) is 0 Å². The molecule has 0 saturated carbocycles. The fourth-order valence-electron chi connectivity index (χ4n) is 1.83. The molecular formula is C15H20BNO. The number of aryl methyl sites for hydroxylation is 1. The van der Waals surface area contributed by atoms with Crippen LogP contribution in [0.3, 0.4) is 0 Å². The lowest BCUT2D eigenvalue weighted by Gasteiger charge is -2.15. The van der Waals surface area contributed by atoms with Crippen molar-refractivity contribution in [2.75, 3.05) is 0 Å². The number of aliphatic hydroxyl groups excluding tert-OH is 1. The van der Waals surface area contributed by atoms with Gasteiger partial charge >= 0.3 is 0 Å². The summed E-state index contributed by atoms with van der Waals surface area (Å²) in [5.74, 6) is 0.218. The van der Waals surface area contributed by atoms with Crippen LogP contribution in [0.2, 0.25) is 0 Å². The van der Waals surface area contributed by atoms with Crippen LogP contribution < -0.4 is 11.2 Å². The van der Waals surface area contributed by atoms with Gasteiger partial charge in [-0.2, -0.15) is 0 Å². The third kappa shape index (κ3) is 3.43. The zero-order chi connectivity index (χ0) is 13.9. The number of nitrogens with two attached hydrogens (primary N) is 1. The average molecular weight is 241 g/mol. The quantitative estimate of drug-likeness (QED) is 0.482. The van der Waals surface area contributed by atoms with E-state index in [1.54, 1.807) is 0 Å². The maximum absolute atomic E-state index is 9.68. The molecule has 2 radical (unpaired) electrons. The van der Waals surface area contributed by atoms with Crippen molar-refractivity contribution < 1.29 is 5.11 Å². The summed E-state index contributed by atoms with van der Waals surface area (Å²) in [6.07, 6.45) is 0.575. The topological polar surface area (TPSA) is 46.2 Å². The monoisotopic (exact) mass is 241 g/mol. The molecule has 0 heterocycles. The molecular weight excluding hydrogens is 221 g/mol. The molecule has 2 nitrogen and oxygen atoms in total. The van der Waals surface area contributed by atoms with Gasteiger partial charge in [0.15, 0.2) is 0 Å². The summed E-state index contributed by atoms with van der Waals surface area (Å²) in [4.78, 5) is 0. The van der Waals surface area contributed by atoms with Crippen LogP contribution in [0.4, 0.5) is 0 Å². The van der Waals surface area contributed by atoms with E-state index in [4.69, 9.17) is 13.6 Å². The van der Waals surface area contributed by atoms with E-state index in [0.717, 1.165) is 16.6 Å². The van der Waals surface area contributed by atoms with Gasteiger partial charge in [0.25, 0.3) is 0 Å². The van der Waals surface area contributed by atoms with Crippen molar-refractivity contribution in [2.24, 2.45) is 11.7 Å². The summed E-state index contributed by atoms with van der Waals surface area (Å²) < 4.78 is 0. The highest BCUT2D eigenvalue weighted by Crippen LogP contribution is 2.21. The Kier molecular flexibility index (Phi) is 4.65. The van der Waals surface area contributed by atoms with E-state index < -0.39 is 0 Å². The summed E-state index contributed by atoms with van der Waals surface area (Å²) in [5.41, 5.74) is 10.3. The van der Waals surface area contributed by atoms with E-state index in [2.05, 4.69) is 6.58 Å². The molecule has 0 bridgehead atoms. The Morgan fingerprint density at radius 3 is 2.50 bits per heavy atom. The van der Waals surface area contributed by atoms with E-state index in [0.29, 0.717) is 17.7 Å². The SMILES string of the molecule is [B]c1ccc(C/C(C(=C)O)=C(/N)C(C)C)c(C)c1. The molecule has 1 aromatic rings. The van der Waals surface area contributed by atoms with Crippen molar-refractivity contribution in [1.82, 2.24) is 0 Å². The minimum Gasteiger partial charge on any atom is -0.508 e. The van der Waals surface area contributed by atoms with Crippen LogP contribution in [0.25, 0.3) is 0 Å². The van der Waals surface area contributed by atoms with Crippen LogP contribution in [0.1, 0.15) is 25.0 Å². The van der Waals surface area contributed by atoms with Crippen molar-refractivity contribution in [2.45, 2.75) is 27.2 Å². The molecule has 0 atom stereocenters. The van der Waals surface area contributed by atoms with Crippen LogP contribution in [0.15, 0.2) is 41.8 Å². The van der Waals surface area contributed by atoms with Crippen molar-refractivity contribution in [1.29, 1.82) is 0 Å². The minimum atomic E-state index is 0.0393. The molecule has 18 heavy (non-hydrogen) atoms. The third-order valence-electron chi connectivity index (χ3n) is 3.05. The van der Waals surface area contributed by atoms with E-state index >= 15 is 0 Å². The molecule has 0 aliphatic heterocycles. The highest BCUT2D eigenvalue weighted by Gasteiger charge is 2.12. The summed E-state index contributed by atoms with van der Waals surface area (Å²) >= 11 is 0. The summed E-state index contributed by atoms with van der Waals surface area (Å²) in [7, 11) is 5.72. The largest absolute Gasteiger partial charge is 0.508 e. The smallest absolute Gasteiger partial charge is 0.113 e. The van der Waals surface area contributed by atoms with Crippen LogP contribution in [-0.2, 0) is 6.42 Å². The van der Waals surface area contributed by atoms with Crippen LogP contribution >= 0.6 is 0 Å². The molecule has 0 aliphatic carbocycles. The maximum Gasteiger partial charge on any atom is 0.113 e. The second-order valence-electron chi connectivity index (χ2n) is 4.90. The molecule has 0 amide bonds. The van der Waals surface area contributed by atoms with Crippen molar-refractivity contribution in [3.05, 3.63) is 52.9 Å². The Balaban J connectivity index is 3.13. The normalized spacial score (nSPS) is 12.4. The van der Waals surface area contributed by atoms with Gasteiger partial charge < -0.3 is 10.8 Å². The lowest BCUT2D eigenvalue weighted by Crippen LogP contribution is -2.13. The van der Waals surface area contributed by atoms with Gasteiger partial charge in [-0.05, 0) is 24.0 Å². The molecule has 1 aromatic carbocycles. The summed E-state index contributed by atoms with van der Waals surface area (Å²) in [6.45, 7) is 9.58. The van der Waals surface area contributed by atoms with E-state index in [-0.39, 0.29) is 11.7 Å². The Bertz CT molecular complexity index is 489. The fraction of sp³-hybridized carbons (Fsp3) is 0.333. The first-order valence-electron chi connectivity index (χ1n) is 6.04. The van der Waals surface area contributed by atoms with Gasteiger partial charge in [-0.1, -0.05) is 44.1 Å². The number of hydrogen-bond donors (Lipinski definition) is 2. The highest BCUT2D eigenvalue weighted by molar-refractivity contribution is 6.32. The van der Waals surface area contributed by atoms with E-state index in [1.165, 1.54) is 0 Å². The predicted molar refractivity (Wildman–Crippen MR) is 78.1 cm³/mol. The van der Waals surface area contributed by atoms with Crippen LogP contribution in [-0.4, -0.2) is 13.0 Å². The maximum atomic E-state index is 9.68. The standard InChI is InChI=1S/C15H20BNO/c1-9(2)15(17)14(11(4)18)8-12-5-6-13(16)7-10(12)3/h5-7,9,18H,4,8,17H2,1-3H3/b15-14-. The van der Waals surface area contributed by atoms with E-state index in [9.17, 15) is 5.11 Å². The molecule has 3 heteroatoms. The molecule has 0 aliphatic rings. The number of allylic oxidation sites excluding steroid dienone is 2. The number of rotatable bonds is 4. The highest BCUT2D eigenvalue weighted by atomic mass is 16.3. The lowest BCUT2D eigenvalue weighted by molar-refractivity contribution is 0.420. The van der Waals surface area contributed by atoms with Gasteiger partial charge in [0.05, 0.1) is 0 Å². The number of aliphatic hydroxyl groups is 1. The third-order valence-corrected chi connectivity index (χ3v) is 3.05. The van der Waals surface area contributed by atoms with Crippen molar-refractivity contribution in [3.63, 3.8) is 0 Å². The van der Waals surface area contributed by atoms with Gasteiger partial charge in [-0.25, -0.2) is 0 Å². The zero-order valence-corrected chi connectivity index (χ0v) is 11.3. The van der Waals surface area contributed by atoms with Crippen LogP contribution in [0.5, 0.6) is 0 Å². The fourth-order valence-corrected chi connectivity index (χ4v) is 1.83. The molecule has 0 unspecified atom stereocenters. The molecule has 0 saturated heterocycles. The second kappa shape index (κ2) is 5.81. The van der Waals surface area contributed by atoms with Gasteiger partial charge in [-0.3, -0.25) is 0 Å². The molecule has 0 aromatic heterocycles. The van der Waals surface area contributed by atoms with Gasteiger partial charge in [0, 0.05) is 17.7 Å². The van der Waals surface area contributed by atoms with E-state index in [1.807, 2.05) is 39.0 Å². The predicted octanol–water partition coefficient (Wildman–Crippen LogP) is 2.27. The van der Waals surface area contributed by atoms with Crippen LogP contribution in [0, 0.1) is 12.8 Å². The first-order chi connectivity index (χ1) is 8.32. The lowest BCUT2D eigenvalue weighted by atomic mass is 9.89. The summed E-state index contributed by atoms with van der Waals surface area (Å²) in [5, 5.41) is 9.68. The Hall–Kier alpha value is -1.64. The number of benzene rings is 1. The minimum absolute atomic E-state index is 0.0393. The molecule has 0 fully saturated rings. The molecule has 0 spiro atoms. The number of hydrogen-bond acceptors (Lipinski definition) is 2. The Labute approximate surface area is 111 Å². The molecule has 1 rings (SSSR count). The first-order valence-corrected chi connectivity index (χ1v) is 6.04. The Morgan fingerprint density at radius 1 is 1.44 bits per heavy atom.